The lowest BCUT2D eigenvalue weighted by molar-refractivity contribution is -0.118. The van der Waals surface area contributed by atoms with Crippen LogP contribution in [-0.2, 0) is 9.53 Å². The third kappa shape index (κ3) is 4.61. The Kier molecular flexibility index (Phi) is 5.62. The second-order valence-corrected chi connectivity index (χ2v) is 4.45. The Balaban J connectivity index is 2.38. The number of allylic oxidation sites excluding steroid dienone is 2. The number of methoxy groups -OCH3 is 1. The molecule has 1 unspecified atom stereocenters. The zero-order valence-electron chi connectivity index (χ0n) is 9.92. The normalized spacial score (nSPS) is 18.7. The van der Waals surface area contributed by atoms with Crippen LogP contribution in [0.25, 0.3) is 0 Å². The van der Waals surface area contributed by atoms with Gasteiger partial charge in [-0.2, -0.15) is 0 Å². The second kappa shape index (κ2) is 6.78. The first kappa shape index (κ1) is 12.4. The van der Waals surface area contributed by atoms with Crippen LogP contribution < -0.4 is 0 Å². The molecule has 0 aromatic heterocycles. The molecule has 1 aliphatic rings. The predicted molar refractivity (Wildman–Crippen MR) is 61.8 cm³/mol. The number of rotatable bonds is 5. The third-order valence-corrected chi connectivity index (χ3v) is 3.08. The van der Waals surface area contributed by atoms with E-state index in [0.29, 0.717) is 6.61 Å². The van der Waals surface area contributed by atoms with Crippen molar-refractivity contribution in [2.24, 2.45) is 5.92 Å². The molecule has 1 atom stereocenters. The summed E-state index contributed by atoms with van der Waals surface area (Å²) in [6.45, 7) is 2.66. The SMILES string of the molecule is COCCC(C)C(=O)C=C1CCCCC1. The Hall–Kier alpha value is -0.630. The van der Waals surface area contributed by atoms with Gasteiger partial charge in [-0.1, -0.05) is 18.9 Å². The maximum absolute atomic E-state index is 11.8. The highest BCUT2D eigenvalue weighted by Crippen LogP contribution is 2.23. The van der Waals surface area contributed by atoms with Gasteiger partial charge in [0.1, 0.15) is 0 Å². The summed E-state index contributed by atoms with van der Waals surface area (Å²) >= 11 is 0. The Morgan fingerprint density at radius 1 is 1.40 bits per heavy atom. The van der Waals surface area contributed by atoms with E-state index in [1.807, 2.05) is 13.0 Å². The lowest BCUT2D eigenvalue weighted by atomic mass is 9.92. The van der Waals surface area contributed by atoms with Crippen LogP contribution in [0.15, 0.2) is 11.6 Å². The fourth-order valence-corrected chi connectivity index (χ4v) is 1.93. The molecule has 15 heavy (non-hydrogen) atoms. The van der Waals surface area contributed by atoms with E-state index in [9.17, 15) is 4.79 Å². The van der Waals surface area contributed by atoms with Gasteiger partial charge in [-0.25, -0.2) is 0 Å². The molecule has 0 amide bonds. The Morgan fingerprint density at radius 2 is 2.07 bits per heavy atom. The van der Waals surface area contributed by atoms with Crippen LogP contribution in [0.1, 0.15) is 45.4 Å². The summed E-state index contributed by atoms with van der Waals surface area (Å²) in [5.41, 5.74) is 1.36. The zero-order chi connectivity index (χ0) is 11.1. The molecular formula is C13H22O2. The topological polar surface area (TPSA) is 26.3 Å². The minimum atomic E-state index is 0.111. The van der Waals surface area contributed by atoms with Gasteiger partial charge in [-0.05, 0) is 38.2 Å². The Labute approximate surface area is 92.7 Å². The van der Waals surface area contributed by atoms with E-state index in [2.05, 4.69) is 0 Å². The number of hydrogen-bond donors (Lipinski definition) is 0. The summed E-state index contributed by atoms with van der Waals surface area (Å²) in [4.78, 5) is 11.8. The summed E-state index contributed by atoms with van der Waals surface area (Å²) in [6.07, 6.45) is 8.81. The highest BCUT2D eigenvalue weighted by molar-refractivity contribution is 5.92. The van der Waals surface area contributed by atoms with Crippen molar-refractivity contribution in [2.75, 3.05) is 13.7 Å². The molecule has 2 nitrogen and oxygen atoms in total. The number of ether oxygens (including phenoxy) is 1. The molecule has 1 aliphatic carbocycles. The third-order valence-electron chi connectivity index (χ3n) is 3.08. The standard InChI is InChI=1S/C13H22O2/c1-11(8-9-15-2)13(14)10-12-6-4-3-5-7-12/h10-11H,3-9H2,1-2H3. The minimum Gasteiger partial charge on any atom is -0.385 e. The molecule has 0 spiro atoms. The fraction of sp³-hybridized carbons (Fsp3) is 0.769. The summed E-state index contributed by atoms with van der Waals surface area (Å²) in [5.74, 6) is 0.392. The van der Waals surface area contributed by atoms with Crippen molar-refractivity contribution in [1.82, 2.24) is 0 Å². The van der Waals surface area contributed by atoms with Crippen molar-refractivity contribution in [2.45, 2.75) is 45.4 Å². The van der Waals surface area contributed by atoms with E-state index in [4.69, 9.17) is 4.74 Å². The van der Waals surface area contributed by atoms with Crippen LogP contribution in [0.5, 0.6) is 0 Å². The maximum Gasteiger partial charge on any atom is 0.158 e. The van der Waals surface area contributed by atoms with Gasteiger partial charge in [0, 0.05) is 19.6 Å². The molecule has 1 saturated carbocycles. The van der Waals surface area contributed by atoms with Crippen molar-refractivity contribution in [3.63, 3.8) is 0 Å². The molecule has 1 rings (SSSR count). The van der Waals surface area contributed by atoms with Gasteiger partial charge in [-0.15, -0.1) is 0 Å². The maximum atomic E-state index is 11.8. The monoisotopic (exact) mass is 210 g/mol. The van der Waals surface area contributed by atoms with Crippen LogP contribution in [0, 0.1) is 5.92 Å². The van der Waals surface area contributed by atoms with Crippen LogP contribution in [0.3, 0.4) is 0 Å². The van der Waals surface area contributed by atoms with Crippen LogP contribution in [-0.4, -0.2) is 19.5 Å². The Bertz CT molecular complexity index is 223. The van der Waals surface area contributed by atoms with Crippen LogP contribution in [0.4, 0.5) is 0 Å². The van der Waals surface area contributed by atoms with Gasteiger partial charge in [-0.3, -0.25) is 4.79 Å². The lowest BCUT2D eigenvalue weighted by Gasteiger charge is -2.14. The lowest BCUT2D eigenvalue weighted by Crippen LogP contribution is -2.11. The fourth-order valence-electron chi connectivity index (χ4n) is 1.93. The summed E-state index contributed by atoms with van der Waals surface area (Å²) < 4.78 is 4.98. The van der Waals surface area contributed by atoms with E-state index in [1.54, 1.807) is 7.11 Å². The van der Waals surface area contributed by atoms with Gasteiger partial charge in [0.15, 0.2) is 5.78 Å². The van der Waals surface area contributed by atoms with Crippen molar-refractivity contribution in [3.8, 4) is 0 Å². The first-order valence-corrected chi connectivity index (χ1v) is 5.96. The number of ketones is 1. The van der Waals surface area contributed by atoms with E-state index in [1.165, 1.54) is 24.8 Å². The van der Waals surface area contributed by atoms with Gasteiger partial charge < -0.3 is 4.74 Å². The number of carbonyl (C=O) groups is 1. The molecule has 0 aliphatic heterocycles. The van der Waals surface area contributed by atoms with Crippen LogP contribution in [0.2, 0.25) is 0 Å². The molecule has 0 bridgehead atoms. The van der Waals surface area contributed by atoms with E-state index in [0.717, 1.165) is 19.3 Å². The van der Waals surface area contributed by atoms with Gasteiger partial charge >= 0.3 is 0 Å². The molecule has 0 aromatic carbocycles. The van der Waals surface area contributed by atoms with Crippen molar-refractivity contribution < 1.29 is 9.53 Å². The number of carbonyl (C=O) groups excluding carboxylic acids is 1. The second-order valence-electron chi connectivity index (χ2n) is 4.45. The first-order chi connectivity index (χ1) is 7.24. The van der Waals surface area contributed by atoms with Gasteiger partial charge in [0.25, 0.3) is 0 Å². The summed E-state index contributed by atoms with van der Waals surface area (Å²) in [5, 5.41) is 0. The molecule has 0 heterocycles. The molecule has 0 saturated heterocycles. The molecule has 1 fully saturated rings. The largest absolute Gasteiger partial charge is 0.385 e. The predicted octanol–water partition coefficient (Wildman–Crippen LogP) is 3.12. The van der Waals surface area contributed by atoms with E-state index in [-0.39, 0.29) is 11.7 Å². The average molecular weight is 210 g/mol. The highest BCUT2D eigenvalue weighted by Gasteiger charge is 2.12. The molecule has 86 valence electrons. The highest BCUT2D eigenvalue weighted by atomic mass is 16.5. The van der Waals surface area contributed by atoms with Crippen molar-refractivity contribution in [3.05, 3.63) is 11.6 Å². The minimum absolute atomic E-state index is 0.111. The number of hydrogen-bond acceptors (Lipinski definition) is 2. The first-order valence-electron chi connectivity index (χ1n) is 5.96. The smallest absolute Gasteiger partial charge is 0.158 e. The summed E-state index contributed by atoms with van der Waals surface area (Å²) in [7, 11) is 1.68. The van der Waals surface area contributed by atoms with Crippen molar-refractivity contribution in [1.29, 1.82) is 0 Å². The average Bonchev–Trinajstić information content (AvgIpc) is 2.27. The molecule has 0 aromatic rings. The molecule has 2 heteroatoms. The van der Waals surface area contributed by atoms with Gasteiger partial charge in [0.2, 0.25) is 0 Å². The zero-order valence-corrected chi connectivity index (χ0v) is 9.92. The van der Waals surface area contributed by atoms with Gasteiger partial charge in [0.05, 0.1) is 0 Å². The van der Waals surface area contributed by atoms with E-state index >= 15 is 0 Å². The quantitative estimate of drug-likeness (QED) is 0.652. The molecule has 0 radical (unpaired) electrons. The van der Waals surface area contributed by atoms with Crippen LogP contribution >= 0.6 is 0 Å². The van der Waals surface area contributed by atoms with Crippen molar-refractivity contribution >= 4 is 5.78 Å². The summed E-state index contributed by atoms with van der Waals surface area (Å²) in [6, 6.07) is 0. The molecule has 0 N–H and O–H groups in total. The van der Waals surface area contributed by atoms with E-state index < -0.39 is 0 Å². The Morgan fingerprint density at radius 3 is 2.67 bits per heavy atom. The molecular weight excluding hydrogens is 188 g/mol.